The number of aromatic amines is 1. The Morgan fingerprint density at radius 2 is 2.21 bits per heavy atom. The predicted molar refractivity (Wildman–Crippen MR) is 135 cm³/mol. The molecule has 2 N–H and O–H groups in total. The molecule has 1 aliphatic carbocycles. The highest BCUT2D eigenvalue weighted by atomic mass is 32.2. The number of benzene rings is 1. The van der Waals surface area contributed by atoms with Crippen LogP contribution in [-0.4, -0.2) is 38.3 Å². The summed E-state index contributed by atoms with van der Waals surface area (Å²) in [5, 5.41) is 3.84. The van der Waals surface area contributed by atoms with Crippen LogP contribution in [0.3, 0.4) is 0 Å². The lowest BCUT2D eigenvalue weighted by Crippen LogP contribution is -2.32. The van der Waals surface area contributed by atoms with Gasteiger partial charge < -0.3 is 19.6 Å². The molecule has 3 heterocycles. The highest BCUT2D eigenvalue weighted by Crippen LogP contribution is 2.34. The van der Waals surface area contributed by atoms with E-state index in [4.69, 9.17) is 4.74 Å². The SMILES string of the molecule is COc1ccccc1C(NC(=O)CSCc1nc2sc3c(c2c(=O)[nH]1)CCC3)c1nccn1C. The van der Waals surface area contributed by atoms with Gasteiger partial charge in [-0.25, -0.2) is 9.97 Å². The molecular formula is C24H25N5O3S2. The van der Waals surface area contributed by atoms with E-state index in [1.165, 1.54) is 22.2 Å². The number of hydrogen-bond acceptors (Lipinski definition) is 7. The minimum Gasteiger partial charge on any atom is -0.496 e. The lowest BCUT2D eigenvalue weighted by Gasteiger charge is -2.21. The Bertz CT molecular complexity index is 1410. The molecule has 0 fully saturated rings. The van der Waals surface area contributed by atoms with E-state index in [0.29, 0.717) is 23.2 Å². The summed E-state index contributed by atoms with van der Waals surface area (Å²) in [6, 6.07) is 7.14. The molecule has 1 amide bonds. The summed E-state index contributed by atoms with van der Waals surface area (Å²) in [5.74, 6) is 2.52. The number of hydrogen-bond donors (Lipinski definition) is 2. The maximum absolute atomic E-state index is 12.9. The van der Waals surface area contributed by atoms with Gasteiger partial charge in [-0.05, 0) is 30.9 Å². The zero-order valence-electron chi connectivity index (χ0n) is 19.0. The van der Waals surface area contributed by atoms with Gasteiger partial charge in [-0.3, -0.25) is 9.59 Å². The summed E-state index contributed by atoms with van der Waals surface area (Å²) in [4.78, 5) is 39.6. The first-order valence-electron chi connectivity index (χ1n) is 11.1. The average Bonchev–Trinajstić information content (AvgIpc) is 3.53. The van der Waals surface area contributed by atoms with Crippen LogP contribution in [0.5, 0.6) is 5.75 Å². The number of carbonyl (C=O) groups is 1. The number of methoxy groups -OCH3 is 1. The lowest BCUT2D eigenvalue weighted by molar-refractivity contribution is -0.119. The Morgan fingerprint density at radius 1 is 1.35 bits per heavy atom. The fourth-order valence-corrected chi connectivity index (χ4v) is 6.38. The number of nitrogens with one attached hydrogen (secondary N) is 2. The number of thiophene rings is 1. The highest BCUT2D eigenvalue weighted by molar-refractivity contribution is 7.99. The summed E-state index contributed by atoms with van der Waals surface area (Å²) < 4.78 is 7.40. The second-order valence-electron chi connectivity index (χ2n) is 8.18. The van der Waals surface area contributed by atoms with Crippen molar-refractivity contribution in [2.45, 2.75) is 31.1 Å². The molecule has 176 valence electrons. The van der Waals surface area contributed by atoms with Crippen molar-refractivity contribution in [3.63, 3.8) is 0 Å². The van der Waals surface area contributed by atoms with Crippen LogP contribution in [0, 0.1) is 0 Å². The van der Waals surface area contributed by atoms with Crippen molar-refractivity contribution >= 4 is 39.2 Å². The molecule has 0 saturated carbocycles. The molecule has 3 aromatic heterocycles. The highest BCUT2D eigenvalue weighted by Gasteiger charge is 2.24. The minimum atomic E-state index is -0.452. The first-order valence-corrected chi connectivity index (χ1v) is 13.0. The molecule has 4 aromatic rings. The van der Waals surface area contributed by atoms with Gasteiger partial charge in [0.25, 0.3) is 5.56 Å². The Hall–Kier alpha value is -3.11. The molecule has 8 nitrogen and oxygen atoms in total. The van der Waals surface area contributed by atoms with Gasteiger partial charge in [0, 0.05) is 29.9 Å². The van der Waals surface area contributed by atoms with Crippen LogP contribution in [-0.2, 0) is 30.4 Å². The van der Waals surface area contributed by atoms with Gasteiger partial charge in [-0.2, -0.15) is 0 Å². The summed E-state index contributed by atoms with van der Waals surface area (Å²) in [6.07, 6.45) is 6.65. The fraction of sp³-hybridized carbons (Fsp3) is 0.333. The van der Waals surface area contributed by atoms with Gasteiger partial charge in [0.1, 0.15) is 28.3 Å². The van der Waals surface area contributed by atoms with E-state index in [0.717, 1.165) is 35.0 Å². The molecular weight excluding hydrogens is 470 g/mol. The van der Waals surface area contributed by atoms with Crippen molar-refractivity contribution in [3.05, 3.63) is 74.7 Å². The number of nitrogens with zero attached hydrogens (tertiary/aromatic N) is 3. The standard InChI is InChI=1S/C24H25N5O3S2/c1-29-11-10-25-22(29)21(14-6-3-4-8-16(14)32-2)28-19(30)13-33-12-18-26-23(31)20-15-7-5-9-17(15)34-24(20)27-18/h3-4,6,8,10-11,21H,5,7,9,12-13H2,1-2H3,(H,28,30)(H,26,27,31). The van der Waals surface area contributed by atoms with Crippen molar-refractivity contribution < 1.29 is 9.53 Å². The van der Waals surface area contributed by atoms with E-state index in [1.807, 2.05) is 42.1 Å². The lowest BCUT2D eigenvalue weighted by atomic mass is 10.0. The molecule has 10 heteroatoms. The van der Waals surface area contributed by atoms with E-state index < -0.39 is 6.04 Å². The summed E-state index contributed by atoms with van der Waals surface area (Å²) in [6.45, 7) is 0. The maximum Gasteiger partial charge on any atom is 0.259 e. The number of aryl methyl sites for hydroxylation is 3. The number of aromatic nitrogens is 4. The number of H-pyrrole nitrogens is 1. The monoisotopic (exact) mass is 495 g/mol. The number of para-hydroxylation sites is 1. The van der Waals surface area contributed by atoms with Crippen LogP contribution in [0.4, 0.5) is 0 Å². The molecule has 0 bridgehead atoms. The van der Waals surface area contributed by atoms with Crippen LogP contribution in [0.1, 0.15) is 40.1 Å². The Kier molecular flexibility index (Phi) is 6.42. The van der Waals surface area contributed by atoms with Crippen molar-refractivity contribution in [3.8, 4) is 5.75 Å². The van der Waals surface area contributed by atoms with Crippen molar-refractivity contribution in [2.24, 2.45) is 7.05 Å². The third-order valence-electron chi connectivity index (χ3n) is 5.97. The molecule has 5 rings (SSSR count). The first-order chi connectivity index (χ1) is 16.5. The molecule has 1 atom stereocenters. The minimum absolute atomic E-state index is 0.0736. The van der Waals surface area contributed by atoms with Crippen LogP contribution >= 0.6 is 23.1 Å². The molecule has 0 radical (unpaired) electrons. The summed E-state index contributed by atoms with van der Waals surface area (Å²) >= 11 is 3.04. The van der Waals surface area contributed by atoms with Crippen molar-refractivity contribution in [2.75, 3.05) is 12.9 Å². The van der Waals surface area contributed by atoms with E-state index >= 15 is 0 Å². The van der Waals surface area contributed by atoms with Gasteiger partial charge in [-0.15, -0.1) is 23.1 Å². The topological polar surface area (TPSA) is 102 Å². The Balaban J connectivity index is 1.28. The van der Waals surface area contributed by atoms with Crippen LogP contribution in [0.2, 0.25) is 0 Å². The van der Waals surface area contributed by atoms with Crippen LogP contribution < -0.4 is 15.6 Å². The second-order valence-corrected chi connectivity index (χ2v) is 10.3. The van der Waals surface area contributed by atoms with E-state index in [9.17, 15) is 9.59 Å². The summed E-state index contributed by atoms with van der Waals surface area (Å²) in [7, 11) is 3.50. The number of fused-ring (bicyclic) bond motifs is 3. The normalized spacial score (nSPS) is 13.7. The van der Waals surface area contributed by atoms with Crippen molar-refractivity contribution in [1.82, 2.24) is 24.8 Å². The van der Waals surface area contributed by atoms with Gasteiger partial charge in [-0.1, -0.05) is 18.2 Å². The first kappa shape index (κ1) is 22.7. The molecule has 1 aromatic carbocycles. The molecule has 1 unspecified atom stereocenters. The smallest absolute Gasteiger partial charge is 0.259 e. The third-order valence-corrected chi connectivity index (χ3v) is 8.10. The van der Waals surface area contributed by atoms with Gasteiger partial charge in [0.05, 0.1) is 24.0 Å². The predicted octanol–water partition coefficient (Wildman–Crippen LogP) is 3.35. The average molecular weight is 496 g/mol. The number of imidazole rings is 1. The zero-order chi connectivity index (χ0) is 23.7. The molecule has 0 saturated heterocycles. The zero-order valence-corrected chi connectivity index (χ0v) is 20.6. The molecule has 1 aliphatic rings. The largest absolute Gasteiger partial charge is 0.496 e. The quantitative estimate of drug-likeness (QED) is 0.389. The maximum atomic E-state index is 12.9. The van der Waals surface area contributed by atoms with Crippen LogP contribution in [0.15, 0.2) is 41.5 Å². The Labute approximate surface area is 204 Å². The van der Waals surface area contributed by atoms with Crippen molar-refractivity contribution in [1.29, 1.82) is 0 Å². The van der Waals surface area contributed by atoms with E-state index in [1.54, 1.807) is 24.6 Å². The number of carbonyl (C=O) groups excluding carboxylic acids is 1. The van der Waals surface area contributed by atoms with Gasteiger partial charge in [0.2, 0.25) is 5.91 Å². The number of rotatable bonds is 8. The fourth-order valence-electron chi connectivity index (χ4n) is 4.40. The van der Waals surface area contributed by atoms with Gasteiger partial charge >= 0.3 is 0 Å². The second kappa shape index (κ2) is 9.63. The Morgan fingerprint density at radius 3 is 3.00 bits per heavy atom. The van der Waals surface area contributed by atoms with Gasteiger partial charge in [0.15, 0.2) is 0 Å². The number of thioether (sulfide) groups is 1. The molecule has 0 spiro atoms. The third kappa shape index (κ3) is 4.35. The number of ether oxygens (including phenoxy) is 1. The van der Waals surface area contributed by atoms with E-state index in [2.05, 4.69) is 20.3 Å². The summed E-state index contributed by atoms with van der Waals surface area (Å²) in [5.41, 5.74) is 1.93. The molecule has 0 aliphatic heterocycles. The number of amides is 1. The van der Waals surface area contributed by atoms with E-state index in [-0.39, 0.29) is 17.2 Å². The molecule has 34 heavy (non-hydrogen) atoms. The van der Waals surface area contributed by atoms with Crippen LogP contribution in [0.25, 0.3) is 10.2 Å².